The third-order valence-electron chi connectivity index (χ3n) is 5.54. The van der Waals surface area contributed by atoms with Crippen LogP contribution in [-0.2, 0) is 58.8 Å². The molecule has 2 N–H and O–H groups in total. The standard InChI is InChI=1S/C28H43N2O12P.2H2S/c1-7-37-25(32)20(5)29-43(36,30-21(6)26(33)38-8-2)17-23(27(34)40-18-41-28(35)42-19(3)4)14-15-24(31)39-16-22-12-10-9-11-13-22;;/h9-13,19-21,23H,7-8,14-18H2,1-6H3,(H2,29,30,36);2*1H2/t20-,21-,23?;;/m0../s1. The molecule has 1 rings (SSSR count). The number of esters is 4. The highest BCUT2D eigenvalue weighted by Gasteiger charge is 2.37. The smallest absolute Gasteiger partial charge is 0.465 e. The summed E-state index contributed by atoms with van der Waals surface area (Å²) < 4.78 is 44.0. The van der Waals surface area contributed by atoms with E-state index in [0.717, 1.165) is 5.56 Å². The summed E-state index contributed by atoms with van der Waals surface area (Å²) >= 11 is 0. The van der Waals surface area contributed by atoms with Crippen molar-refractivity contribution in [3.8, 4) is 0 Å². The normalized spacial score (nSPS) is 12.7. The molecule has 0 bridgehead atoms. The van der Waals surface area contributed by atoms with Gasteiger partial charge in [-0.1, -0.05) is 30.3 Å². The average molecular weight is 699 g/mol. The van der Waals surface area contributed by atoms with E-state index in [-0.39, 0.29) is 59.7 Å². The number of hydrogen-bond donors (Lipinski definition) is 2. The maximum atomic E-state index is 14.2. The van der Waals surface area contributed by atoms with Crippen LogP contribution in [0.3, 0.4) is 0 Å². The lowest BCUT2D eigenvalue weighted by atomic mass is 10.1. The second kappa shape index (κ2) is 23.5. The molecule has 0 aliphatic rings. The van der Waals surface area contributed by atoms with E-state index in [9.17, 15) is 28.5 Å². The van der Waals surface area contributed by atoms with Gasteiger partial charge in [0.05, 0.1) is 25.2 Å². The van der Waals surface area contributed by atoms with Crippen LogP contribution in [0.25, 0.3) is 0 Å². The first-order valence-electron chi connectivity index (χ1n) is 14.0. The van der Waals surface area contributed by atoms with Crippen LogP contribution in [0.2, 0.25) is 0 Å². The predicted octanol–water partition coefficient (Wildman–Crippen LogP) is 3.69. The van der Waals surface area contributed by atoms with Crippen LogP contribution < -0.4 is 10.2 Å². The van der Waals surface area contributed by atoms with Crippen molar-refractivity contribution in [3.63, 3.8) is 0 Å². The Morgan fingerprint density at radius 1 is 0.756 bits per heavy atom. The lowest BCUT2D eigenvalue weighted by molar-refractivity contribution is -0.158. The molecule has 0 fully saturated rings. The summed E-state index contributed by atoms with van der Waals surface area (Å²) in [6, 6.07) is 6.76. The Kier molecular flexibility index (Phi) is 23.2. The minimum Gasteiger partial charge on any atom is -0.465 e. The van der Waals surface area contributed by atoms with E-state index < -0.39 is 74.5 Å². The number of nitrogens with one attached hydrogen (secondary N) is 2. The fourth-order valence-electron chi connectivity index (χ4n) is 3.58. The second-order valence-corrected chi connectivity index (χ2v) is 12.0. The van der Waals surface area contributed by atoms with Gasteiger partial charge in [-0.3, -0.25) is 23.7 Å². The summed E-state index contributed by atoms with van der Waals surface area (Å²) in [5.41, 5.74) is 0.760. The van der Waals surface area contributed by atoms with Crippen LogP contribution in [0.4, 0.5) is 4.79 Å². The van der Waals surface area contributed by atoms with Gasteiger partial charge in [-0.25, -0.2) is 15.0 Å². The van der Waals surface area contributed by atoms with E-state index in [1.54, 1.807) is 52.0 Å². The lowest BCUT2D eigenvalue weighted by Gasteiger charge is -2.28. The lowest BCUT2D eigenvalue weighted by Crippen LogP contribution is -2.44. The predicted molar refractivity (Wildman–Crippen MR) is 174 cm³/mol. The van der Waals surface area contributed by atoms with Gasteiger partial charge in [0.2, 0.25) is 14.2 Å². The van der Waals surface area contributed by atoms with Crippen molar-refractivity contribution in [2.75, 3.05) is 26.2 Å². The minimum absolute atomic E-state index is 0. The molecule has 1 aromatic rings. The van der Waals surface area contributed by atoms with Crippen LogP contribution in [-0.4, -0.2) is 74.4 Å². The van der Waals surface area contributed by atoms with E-state index >= 15 is 0 Å². The Balaban J connectivity index is 0. The van der Waals surface area contributed by atoms with Crippen molar-refractivity contribution in [2.45, 2.75) is 79.2 Å². The first-order valence-corrected chi connectivity index (χ1v) is 15.9. The van der Waals surface area contributed by atoms with Crippen LogP contribution in [0.1, 0.15) is 59.9 Å². The van der Waals surface area contributed by atoms with Crippen molar-refractivity contribution in [1.82, 2.24) is 10.2 Å². The molecule has 258 valence electrons. The molecule has 0 heterocycles. The molecular formula is C28H47N2O12PS2. The highest BCUT2D eigenvalue weighted by molar-refractivity contribution is 7.60. The third kappa shape index (κ3) is 18.7. The van der Waals surface area contributed by atoms with E-state index in [4.69, 9.17) is 28.4 Å². The van der Waals surface area contributed by atoms with Gasteiger partial charge in [-0.2, -0.15) is 27.0 Å². The van der Waals surface area contributed by atoms with E-state index in [1.165, 1.54) is 13.8 Å². The van der Waals surface area contributed by atoms with Crippen molar-refractivity contribution in [3.05, 3.63) is 35.9 Å². The summed E-state index contributed by atoms with van der Waals surface area (Å²) in [6.45, 7) is 8.58. The molecule has 1 aromatic carbocycles. The van der Waals surface area contributed by atoms with Crippen molar-refractivity contribution in [1.29, 1.82) is 0 Å². The summed E-state index contributed by atoms with van der Waals surface area (Å²) in [6.07, 6.45) is -2.48. The van der Waals surface area contributed by atoms with E-state index in [1.807, 2.05) is 6.07 Å². The van der Waals surface area contributed by atoms with Gasteiger partial charge in [0.15, 0.2) is 0 Å². The van der Waals surface area contributed by atoms with Gasteiger partial charge in [0.25, 0.3) is 0 Å². The zero-order valence-electron chi connectivity index (χ0n) is 26.5. The molecule has 0 amide bonds. The van der Waals surface area contributed by atoms with E-state index in [0.29, 0.717) is 0 Å². The molecule has 0 aromatic heterocycles. The topological polar surface area (TPSA) is 182 Å². The number of ether oxygens (including phenoxy) is 6. The zero-order valence-corrected chi connectivity index (χ0v) is 29.4. The Labute approximate surface area is 278 Å². The van der Waals surface area contributed by atoms with Gasteiger partial charge >= 0.3 is 30.0 Å². The maximum absolute atomic E-state index is 14.2. The van der Waals surface area contributed by atoms with Crippen molar-refractivity contribution < 1.29 is 57.0 Å². The number of carbonyl (C=O) groups is 5. The van der Waals surface area contributed by atoms with Gasteiger partial charge in [0.1, 0.15) is 18.7 Å². The SMILES string of the molecule is CCOC(=O)[C@H](C)NP(=O)(CC(CCC(=O)OCc1ccccc1)C(=O)OCOC(=O)OC(C)C)N[C@@H](C)C(=O)OCC.S.S. The number of hydrogen-bond acceptors (Lipinski definition) is 12. The van der Waals surface area contributed by atoms with Crippen LogP contribution in [0.15, 0.2) is 30.3 Å². The van der Waals surface area contributed by atoms with Crippen molar-refractivity contribution in [2.24, 2.45) is 5.92 Å². The van der Waals surface area contributed by atoms with E-state index in [2.05, 4.69) is 10.2 Å². The number of carbonyl (C=O) groups excluding carboxylic acids is 5. The fourth-order valence-corrected chi connectivity index (χ4v) is 6.28. The molecule has 0 radical (unpaired) electrons. The second-order valence-electron chi connectivity index (χ2n) is 9.65. The molecule has 45 heavy (non-hydrogen) atoms. The zero-order chi connectivity index (χ0) is 32.4. The summed E-state index contributed by atoms with van der Waals surface area (Å²) in [7, 11) is -3.98. The summed E-state index contributed by atoms with van der Waals surface area (Å²) in [5, 5.41) is 5.31. The number of rotatable bonds is 19. The molecule has 14 nitrogen and oxygen atoms in total. The molecular weight excluding hydrogens is 651 g/mol. The Morgan fingerprint density at radius 2 is 1.29 bits per heavy atom. The van der Waals surface area contributed by atoms with Crippen LogP contribution in [0.5, 0.6) is 0 Å². The Hall–Kier alpha value is -2.78. The highest BCUT2D eigenvalue weighted by atomic mass is 32.1. The monoisotopic (exact) mass is 698 g/mol. The summed E-state index contributed by atoms with van der Waals surface area (Å²) in [5.74, 6) is -4.25. The van der Waals surface area contributed by atoms with Crippen LogP contribution in [0, 0.1) is 5.92 Å². The molecule has 1 unspecified atom stereocenters. The van der Waals surface area contributed by atoms with Gasteiger partial charge in [-0.05, 0) is 53.5 Å². The molecule has 0 aliphatic carbocycles. The minimum atomic E-state index is -3.98. The van der Waals surface area contributed by atoms with Crippen molar-refractivity contribution >= 4 is 64.5 Å². The summed E-state index contributed by atoms with van der Waals surface area (Å²) in [4.78, 5) is 61.9. The maximum Gasteiger partial charge on any atom is 0.511 e. The Bertz CT molecular complexity index is 1080. The number of benzene rings is 1. The highest BCUT2D eigenvalue weighted by Crippen LogP contribution is 2.41. The largest absolute Gasteiger partial charge is 0.511 e. The molecule has 0 spiro atoms. The Morgan fingerprint density at radius 3 is 1.78 bits per heavy atom. The molecule has 3 atom stereocenters. The quantitative estimate of drug-likeness (QED) is 0.0924. The molecule has 0 aliphatic heterocycles. The average Bonchev–Trinajstić information content (AvgIpc) is 2.94. The molecule has 17 heteroatoms. The van der Waals surface area contributed by atoms with Gasteiger partial charge < -0.3 is 28.4 Å². The first kappa shape index (κ1) is 44.3. The van der Waals surface area contributed by atoms with Gasteiger partial charge in [0, 0.05) is 12.6 Å². The van der Waals surface area contributed by atoms with Gasteiger partial charge in [-0.15, -0.1) is 0 Å². The third-order valence-corrected chi connectivity index (χ3v) is 8.11. The first-order chi connectivity index (χ1) is 20.3. The van der Waals surface area contributed by atoms with Crippen LogP contribution >= 0.6 is 34.4 Å². The molecule has 0 saturated heterocycles. The molecule has 0 saturated carbocycles. The fraction of sp³-hybridized carbons (Fsp3) is 0.607.